The predicted octanol–water partition coefficient (Wildman–Crippen LogP) is 1.38. The highest BCUT2D eigenvalue weighted by Gasteiger charge is 2.47. The number of carbonyl (C=O) groups excluding carboxylic acids is 1. The predicted molar refractivity (Wildman–Crippen MR) is 55.5 cm³/mol. The Morgan fingerprint density at radius 1 is 1.40 bits per heavy atom. The van der Waals surface area contributed by atoms with Gasteiger partial charge in [0.15, 0.2) is 0 Å². The number of nitrogens with zero attached hydrogens (tertiary/aromatic N) is 1. The Kier molecular flexibility index (Phi) is 2.41. The third kappa shape index (κ3) is 2.09. The van der Waals surface area contributed by atoms with Crippen LogP contribution in [0.15, 0.2) is 0 Å². The van der Waals surface area contributed by atoms with Crippen molar-refractivity contribution >= 4 is 6.09 Å². The van der Waals surface area contributed by atoms with Crippen LogP contribution in [0.2, 0.25) is 0 Å². The van der Waals surface area contributed by atoms with Gasteiger partial charge in [-0.15, -0.1) is 0 Å². The van der Waals surface area contributed by atoms with E-state index < -0.39 is 5.60 Å². The van der Waals surface area contributed by atoms with Crippen LogP contribution in [0.25, 0.3) is 0 Å². The maximum atomic E-state index is 11.8. The summed E-state index contributed by atoms with van der Waals surface area (Å²) in [5, 5.41) is 9.69. The van der Waals surface area contributed by atoms with Crippen molar-refractivity contribution in [3.63, 3.8) is 0 Å². The van der Waals surface area contributed by atoms with E-state index in [2.05, 4.69) is 0 Å². The van der Waals surface area contributed by atoms with Crippen LogP contribution in [-0.2, 0) is 4.74 Å². The summed E-state index contributed by atoms with van der Waals surface area (Å²) >= 11 is 0. The molecule has 1 N–H and O–H groups in total. The molecule has 2 rings (SSSR count). The second kappa shape index (κ2) is 3.37. The first-order valence-corrected chi connectivity index (χ1v) is 5.54. The number of hydrogen-bond acceptors (Lipinski definition) is 3. The molecular formula is C11H19NO3. The van der Waals surface area contributed by atoms with Crippen molar-refractivity contribution in [1.82, 2.24) is 4.90 Å². The van der Waals surface area contributed by atoms with Gasteiger partial charge in [-0.3, -0.25) is 0 Å². The lowest BCUT2D eigenvalue weighted by atomic mass is 10.1. The van der Waals surface area contributed by atoms with E-state index in [1.54, 1.807) is 4.90 Å². The maximum absolute atomic E-state index is 11.8. The van der Waals surface area contributed by atoms with Crippen molar-refractivity contribution in [2.75, 3.05) is 6.54 Å². The van der Waals surface area contributed by atoms with Gasteiger partial charge in [-0.05, 0) is 39.5 Å². The molecule has 2 fully saturated rings. The molecule has 3 atom stereocenters. The van der Waals surface area contributed by atoms with Crippen LogP contribution in [0, 0.1) is 5.92 Å². The molecule has 2 aliphatic rings. The molecule has 0 aromatic carbocycles. The topological polar surface area (TPSA) is 49.8 Å². The van der Waals surface area contributed by atoms with Gasteiger partial charge in [0.25, 0.3) is 0 Å². The number of hydrogen-bond donors (Lipinski definition) is 1. The fourth-order valence-electron chi connectivity index (χ4n) is 2.52. The molecule has 4 heteroatoms. The normalized spacial score (nSPS) is 34.7. The second-order valence-corrected chi connectivity index (χ2v) is 5.60. The number of amides is 1. The number of piperidine rings is 1. The highest BCUT2D eigenvalue weighted by atomic mass is 16.6. The zero-order valence-electron chi connectivity index (χ0n) is 9.56. The highest BCUT2D eigenvalue weighted by molar-refractivity contribution is 5.69. The Morgan fingerprint density at radius 3 is 2.53 bits per heavy atom. The van der Waals surface area contributed by atoms with E-state index in [0.717, 1.165) is 19.4 Å². The Morgan fingerprint density at radius 2 is 2.07 bits per heavy atom. The van der Waals surface area contributed by atoms with Gasteiger partial charge in [-0.1, -0.05) is 0 Å². The molecule has 1 saturated carbocycles. The molecule has 1 aliphatic carbocycles. The van der Waals surface area contributed by atoms with Crippen LogP contribution in [-0.4, -0.2) is 40.4 Å². The summed E-state index contributed by atoms with van der Waals surface area (Å²) in [5.41, 5.74) is -0.454. The van der Waals surface area contributed by atoms with Crippen LogP contribution in [0.4, 0.5) is 4.79 Å². The maximum Gasteiger partial charge on any atom is 0.410 e. The number of aliphatic hydroxyl groups is 1. The van der Waals surface area contributed by atoms with Crippen LogP contribution in [0.1, 0.15) is 33.6 Å². The number of ether oxygens (including phenoxy) is 1. The fourth-order valence-corrected chi connectivity index (χ4v) is 2.52. The summed E-state index contributed by atoms with van der Waals surface area (Å²) < 4.78 is 5.30. The average Bonchev–Trinajstić information content (AvgIpc) is 2.58. The van der Waals surface area contributed by atoms with Crippen molar-refractivity contribution in [3.05, 3.63) is 0 Å². The molecule has 15 heavy (non-hydrogen) atoms. The minimum Gasteiger partial charge on any atom is -0.444 e. The van der Waals surface area contributed by atoms with Crippen LogP contribution in [0.5, 0.6) is 0 Å². The molecule has 1 amide bonds. The monoisotopic (exact) mass is 213 g/mol. The van der Waals surface area contributed by atoms with Crippen molar-refractivity contribution in [2.45, 2.75) is 51.4 Å². The van der Waals surface area contributed by atoms with Crippen molar-refractivity contribution in [2.24, 2.45) is 5.92 Å². The van der Waals surface area contributed by atoms with Gasteiger partial charge < -0.3 is 14.7 Å². The van der Waals surface area contributed by atoms with Gasteiger partial charge in [0.05, 0.1) is 12.1 Å². The molecule has 1 unspecified atom stereocenters. The summed E-state index contributed by atoms with van der Waals surface area (Å²) in [6, 6.07) is -0.00940. The molecule has 86 valence electrons. The number of carbonyl (C=O) groups is 1. The molecule has 0 aromatic heterocycles. The smallest absolute Gasteiger partial charge is 0.410 e. The lowest BCUT2D eigenvalue weighted by Gasteiger charge is -2.32. The average molecular weight is 213 g/mol. The lowest BCUT2D eigenvalue weighted by molar-refractivity contribution is -0.00176. The first-order valence-electron chi connectivity index (χ1n) is 5.54. The van der Waals surface area contributed by atoms with Crippen LogP contribution >= 0.6 is 0 Å². The van der Waals surface area contributed by atoms with E-state index in [4.69, 9.17) is 4.74 Å². The summed E-state index contributed by atoms with van der Waals surface area (Å²) in [4.78, 5) is 13.5. The molecule has 1 heterocycles. The lowest BCUT2D eigenvalue weighted by Crippen LogP contribution is -2.46. The zero-order chi connectivity index (χ0) is 11.2. The molecule has 0 aromatic rings. The Labute approximate surface area is 90.2 Å². The minimum atomic E-state index is -0.454. The number of fused-ring (bicyclic) bond motifs is 2. The van der Waals surface area contributed by atoms with E-state index in [1.807, 2.05) is 20.8 Å². The van der Waals surface area contributed by atoms with Crippen molar-refractivity contribution in [3.8, 4) is 0 Å². The summed E-state index contributed by atoms with van der Waals surface area (Å²) in [7, 11) is 0. The van der Waals surface area contributed by atoms with E-state index >= 15 is 0 Å². The molecule has 0 spiro atoms. The molecule has 4 nitrogen and oxygen atoms in total. The summed E-state index contributed by atoms with van der Waals surface area (Å²) in [6.07, 6.45) is 1.13. The van der Waals surface area contributed by atoms with Crippen molar-refractivity contribution in [1.29, 1.82) is 0 Å². The van der Waals surface area contributed by atoms with Gasteiger partial charge in [0.2, 0.25) is 0 Å². The van der Waals surface area contributed by atoms with E-state index in [9.17, 15) is 9.90 Å². The van der Waals surface area contributed by atoms with E-state index in [1.165, 1.54) is 0 Å². The molecule has 0 radical (unpaired) electrons. The first kappa shape index (κ1) is 10.7. The zero-order valence-corrected chi connectivity index (χ0v) is 9.56. The van der Waals surface area contributed by atoms with Gasteiger partial charge >= 0.3 is 6.09 Å². The Hall–Kier alpha value is -0.770. The van der Waals surface area contributed by atoms with Gasteiger partial charge in [-0.25, -0.2) is 4.79 Å². The third-order valence-corrected chi connectivity index (χ3v) is 3.08. The highest BCUT2D eigenvalue weighted by Crippen LogP contribution is 2.38. The van der Waals surface area contributed by atoms with Crippen LogP contribution < -0.4 is 0 Å². The molecular weight excluding hydrogens is 194 g/mol. The van der Waals surface area contributed by atoms with Gasteiger partial charge in [0.1, 0.15) is 5.60 Å². The summed E-state index contributed by atoms with van der Waals surface area (Å²) in [6.45, 7) is 6.32. The molecule has 2 bridgehead atoms. The second-order valence-electron chi connectivity index (χ2n) is 5.60. The van der Waals surface area contributed by atoms with Gasteiger partial charge in [-0.2, -0.15) is 0 Å². The van der Waals surface area contributed by atoms with E-state index in [-0.39, 0.29) is 18.2 Å². The number of rotatable bonds is 0. The first-order chi connectivity index (χ1) is 6.87. The van der Waals surface area contributed by atoms with Gasteiger partial charge in [0, 0.05) is 6.54 Å². The standard InChI is InChI=1S/C11H19NO3/c1-11(2,3)15-10(14)12-6-7-4-8(12)9(13)5-7/h7-9,13H,4-6H2,1-3H3/t7-,8-,9?/m1/s1. The third-order valence-electron chi connectivity index (χ3n) is 3.08. The number of likely N-dealkylation sites (tertiary alicyclic amines) is 1. The molecule has 1 aliphatic heterocycles. The Balaban J connectivity index is 1.98. The quantitative estimate of drug-likeness (QED) is 0.661. The van der Waals surface area contributed by atoms with E-state index in [0.29, 0.717) is 5.92 Å². The molecule has 1 saturated heterocycles. The number of aliphatic hydroxyl groups excluding tert-OH is 1. The fraction of sp³-hybridized carbons (Fsp3) is 0.909. The largest absolute Gasteiger partial charge is 0.444 e. The minimum absolute atomic E-state index is 0.00940. The van der Waals surface area contributed by atoms with Crippen LogP contribution in [0.3, 0.4) is 0 Å². The Bertz CT molecular complexity index is 271. The SMILES string of the molecule is CC(C)(C)OC(=O)N1C[C@H]2CC(O)[C@H]1C2. The van der Waals surface area contributed by atoms with Crippen molar-refractivity contribution < 1.29 is 14.6 Å². The summed E-state index contributed by atoms with van der Waals surface area (Å²) in [5.74, 6) is 0.470.